The number of aryl methyl sites for hydroxylation is 1. The normalized spacial score (nSPS) is 20.9. The maximum Gasteiger partial charge on any atom is 0.322 e. The average molecular weight is 707 g/mol. The lowest BCUT2D eigenvalue weighted by Crippen LogP contribution is -2.57. The topological polar surface area (TPSA) is 126 Å². The number of para-hydroxylation sites is 1. The monoisotopic (exact) mass is 706 g/mol. The molecule has 2 atom stereocenters. The van der Waals surface area contributed by atoms with E-state index < -0.39 is 18.1 Å². The lowest BCUT2D eigenvalue weighted by Gasteiger charge is -2.42. The number of carbonyl (C=O) groups excluding carboxylic acids is 3. The zero-order valence-electron chi connectivity index (χ0n) is 29.3. The highest BCUT2D eigenvalue weighted by molar-refractivity contribution is 6.31. The van der Waals surface area contributed by atoms with Crippen molar-refractivity contribution in [2.24, 2.45) is 11.8 Å². The number of nitrogens with one attached hydrogen (secondary N) is 2. The zero-order chi connectivity index (χ0) is 35.4. The summed E-state index contributed by atoms with van der Waals surface area (Å²) in [4.78, 5) is 60.0. The number of aliphatic carboxylic acids is 1. The molecule has 0 radical (unpaired) electrons. The van der Waals surface area contributed by atoms with Crippen LogP contribution in [0.3, 0.4) is 0 Å². The van der Waals surface area contributed by atoms with E-state index in [1.165, 1.54) is 0 Å². The molecule has 0 spiro atoms. The molecule has 12 heteroatoms. The SMILES string of the molecule is CCC(C(=O)O)N1CCC(C2CCN(C(=O)C(Cc3ccc(Cl)c(C)c3)NC(=O)N3CCC(N4Cc5ccccc5NC4=O)CC3)CC2)CC1. The maximum atomic E-state index is 14.1. The largest absolute Gasteiger partial charge is 0.480 e. The number of benzene rings is 2. The molecule has 2 unspecified atom stereocenters. The Bertz CT molecular complexity index is 1550. The van der Waals surface area contributed by atoms with Crippen LogP contribution in [0.15, 0.2) is 42.5 Å². The summed E-state index contributed by atoms with van der Waals surface area (Å²) in [6.07, 6.45) is 6.11. The summed E-state index contributed by atoms with van der Waals surface area (Å²) < 4.78 is 0. The van der Waals surface area contributed by atoms with Crippen molar-refractivity contribution in [3.05, 3.63) is 64.2 Å². The number of hydrogen-bond donors (Lipinski definition) is 3. The van der Waals surface area contributed by atoms with Gasteiger partial charge in [-0.2, -0.15) is 0 Å². The van der Waals surface area contributed by atoms with Gasteiger partial charge in [-0.1, -0.05) is 48.9 Å². The molecule has 3 saturated heterocycles. The van der Waals surface area contributed by atoms with E-state index in [0.29, 0.717) is 75.3 Å². The van der Waals surface area contributed by atoms with Gasteiger partial charge in [-0.05, 0) is 106 Å². The number of nitrogens with zero attached hydrogens (tertiary/aromatic N) is 4. The third-order valence-corrected chi connectivity index (χ3v) is 11.9. The fourth-order valence-corrected chi connectivity index (χ4v) is 8.63. The molecule has 4 aliphatic rings. The predicted molar refractivity (Wildman–Crippen MR) is 193 cm³/mol. The van der Waals surface area contributed by atoms with Gasteiger partial charge in [-0.15, -0.1) is 0 Å². The number of halogens is 1. The fraction of sp³-hybridized carbons (Fsp3) is 0.579. The van der Waals surface area contributed by atoms with Gasteiger partial charge < -0.3 is 30.4 Å². The Kier molecular flexibility index (Phi) is 11.5. The minimum atomic E-state index is -0.740. The number of amides is 5. The van der Waals surface area contributed by atoms with Crippen LogP contribution in [0.25, 0.3) is 0 Å². The molecule has 5 amide bonds. The van der Waals surface area contributed by atoms with Crippen molar-refractivity contribution in [1.29, 1.82) is 0 Å². The van der Waals surface area contributed by atoms with Gasteiger partial charge in [0, 0.05) is 55.9 Å². The molecular formula is C38H51ClN6O5. The number of piperidine rings is 3. The third kappa shape index (κ3) is 8.20. The van der Waals surface area contributed by atoms with Crippen molar-refractivity contribution >= 4 is 41.2 Å². The lowest BCUT2D eigenvalue weighted by atomic mass is 9.78. The molecule has 0 aromatic heterocycles. The van der Waals surface area contributed by atoms with Crippen LogP contribution < -0.4 is 10.6 Å². The van der Waals surface area contributed by atoms with Gasteiger partial charge in [0.1, 0.15) is 12.1 Å². The summed E-state index contributed by atoms with van der Waals surface area (Å²) in [5, 5.41) is 16.3. The smallest absolute Gasteiger partial charge is 0.322 e. The molecule has 6 rings (SSSR count). The number of hydrogen-bond acceptors (Lipinski definition) is 5. The number of carbonyl (C=O) groups is 4. The summed E-state index contributed by atoms with van der Waals surface area (Å²) in [6, 6.07) is 12.1. The van der Waals surface area contributed by atoms with Crippen LogP contribution in [0.2, 0.25) is 5.02 Å². The van der Waals surface area contributed by atoms with Crippen molar-refractivity contribution in [3.63, 3.8) is 0 Å². The van der Waals surface area contributed by atoms with Crippen molar-refractivity contribution < 1.29 is 24.3 Å². The van der Waals surface area contributed by atoms with Crippen LogP contribution in [-0.4, -0.2) is 106 Å². The van der Waals surface area contributed by atoms with Gasteiger partial charge in [0.05, 0.1) is 0 Å². The van der Waals surface area contributed by atoms with Crippen LogP contribution in [0.5, 0.6) is 0 Å². The average Bonchev–Trinajstić information content (AvgIpc) is 3.13. The van der Waals surface area contributed by atoms with Gasteiger partial charge in [-0.3, -0.25) is 14.5 Å². The van der Waals surface area contributed by atoms with Crippen LogP contribution in [0.1, 0.15) is 68.6 Å². The second-order valence-electron chi connectivity index (χ2n) is 14.5. The second-order valence-corrected chi connectivity index (χ2v) is 14.9. The van der Waals surface area contributed by atoms with Crippen LogP contribution in [0.4, 0.5) is 15.3 Å². The minimum Gasteiger partial charge on any atom is -0.480 e. The molecular weight excluding hydrogens is 656 g/mol. The van der Waals surface area contributed by atoms with E-state index in [2.05, 4.69) is 15.5 Å². The molecule has 4 heterocycles. The number of carboxylic acid groups (broad SMARTS) is 1. The van der Waals surface area contributed by atoms with Gasteiger partial charge in [0.15, 0.2) is 0 Å². The van der Waals surface area contributed by atoms with Crippen LogP contribution in [0, 0.1) is 18.8 Å². The molecule has 4 aliphatic heterocycles. The standard InChI is InChI=1S/C38H51ClN6O5/c1-3-34(36(47)48)42-16-10-27(11-17-42)28-12-18-43(19-13-28)35(46)33(23-26-8-9-31(39)25(2)22-26)41-37(49)44-20-14-30(15-21-44)45-24-29-6-4-5-7-32(29)40-38(45)50/h4-9,22,27-28,30,33-34H,3,10-21,23-24H2,1-2H3,(H,40,50)(H,41,49)(H,47,48). The van der Waals surface area contributed by atoms with Crippen molar-refractivity contribution in [2.75, 3.05) is 44.6 Å². The Morgan fingerprint density at radius 3 is 2.20 bits per heavy atom. The quantitative estimate of drug-likeness (QED) is 0.312. The summed E-state index contributed by atoms with van der Waals surface area (Å²) in [7, 11) is 0. The number of anilines is 1. The highest BCUT2D eigenvalue weighted by Gasteiger charge is 2.37. The van der Waals surface area contributed by atoms with E-state index in [0.717, 1.165) is 61.2 Å². The molecule has 3 fully saturated rings. The minimum absolute atomic E-state index is 0.0284. The first-order valence-electron chi connectivity index (χ1n) is 18.3. The van der Waals surface area contributed by atoms with Crippen LogP contribution in [-0.2, 0) is 22.6 Å². The van der Waals surface area contributed by atoms with Gasteiger partial charge in [-0.25, -0.2) is 9.59 Å². The molecule has 270 valence electrons. The Morgan fingerprint density at radius 2 is 1.56 bits per heavy atom. The van der Waals surface area contributed by atoms with Crippen molar-refractivity contribution in [2.45, 2.75) is 89.9 Å². The first-order chi connectivity index (χ1) is 24.1. The number of carboxylic acids is 1. The van der Waals surface area contributed by atoms with Gasteiger partial charge in [0.25, 0.3) is 0 Å². The molecule has 0 saturated carbocycles. The second kappa shape index (κ2) is 16.0. The Labute approximate surface area is 300 Å². The predicted octanol–water partition coefficient (Wildman–Crippen LogP) is 5.60. The number of fused-ring (bicyclic) bond motifs is 1. The lowest BCUT2D eigenvalue weighted by molar-refractivity contribution is -0.144. The van der Waals surface area contributed by atoms with Gasteiger partial charge >= 0.3 is 18.0 Å². The molecule has 11 nitrogen and oxygen atoms in total. The highest BCUT2D eigenvalue weighted by Crippen LogP contribution is 2.34. The molecule has 0 aliphatic carbocycles. The number of urea groups is 2. The maximum absolute atomic E-state index is 14.1. The van der Waals surface area contributed by atoms with Gasteiger partial charge in [0.2, 0.25) is 5.91 Å². The first-order valence-corrected chi connectivity index (χ1v) is 18.7. The third-order valence-electron chi connectivity index (χ3n) is 11.5. The number of likely N-dealkylation sites (tertiary alicyclic amines) is 3. The van der Waals surface area contributed by atoms with E-state index in [9.17, 15) is 24.3 Å². The molecule has 2 aromatic carbocycles. The Hall–Kier alpha value is -3.83. The Balaban J connectivity index is 1.05. The van der Waals surface area contributed by atoms with Crippen LogP contribution >= 0.6 is 11.6 Å². The summed E-state index contributed by atoms with van der Waals surface area (Å²) >= 11 is 6.30. The molecule has 50 heavy (non-hydrogen) atoms. The summed E-state index contributed by atoms with van der Waals surface area (Å²) in [5.41, 5.74) is 3.80. The van der Waals surface area contributed by atoms with E-state index >= 15 is 0 Å². The Morgan fingerprint density at radius 1 is 0.920 bits per heavy atom. The van der Waals surface area contributed by atoms with E-state index in [-0.39, 0.29) is 24.0 Å². The first kappa shape index (κ1) is 36.0. The molecule has 0 bridgehead atoms. The molecule has 3 N–H and O–H groups in total. The summed E-state index contributed by atoms with van der Waals surface area (Å²) in [6.45, 7) is 8.32. The highest BCUT2D eigenvalue weighted by atomic mass is 35.5. The fourth-order valence-electron chi connectivity index (χ4n) is 8.51. The molecule has 2 aromatic rings. The van der Waals surface area contributed by atoms with Crippen molar-refractivity contribution in [3.8, 4) is 0 Å². The summed E-state index contributed by atoms with van der Waals surface area (Å²) in [5.74, 6) is 0.242. The van der Waals surface area contributed by atoms with E-state index in [1.54, 1.807) is 4.90 Å². The van der Waals surface area contributed by atoms with Crippen molar-refractivity contribution in [1.82, 2.24) is 24.9 Å². The van der Waals surface area contributed by atoms with E-state index in [4.69, 9.17) is 11.6 Å². The van der Waals surface area contributed by atoms with E-state index in [1.807, 2.05) is 66.1 Å². The number of rotatable bonds is 9. The zero-order valence-corrected chi connectivity index (χ0v) is 30.0.